The highest BCUT2D eigenvalue weighted by Crippen LogP contribution is 2.65. The summed E-state index contributed by atoms with van der Waals surface area (Å²) in [5.41, 5.74) is 2.36. The average molecular weight is 304 g/mol. The maximum atomic E-state index is 10.1. The minimum Gasteiger partial charge on any atom is -0.393 e. The highest BCUT2D eigenvalue weighted by Gasteiger charge is 2.58. The molecule has 0 unspecified atom stereocenters. The van der Waals surface area contributed by atoms with Gasteiger partial charge in [0.25, 0.3) is 0 Å². The maximum absolute atomic E-state index is 10.1. The van der Waals surface area contributed by atoms with Crippen LogP contribution in [0.25, 0.3) is 0 Å². The van der Waals surface area contributed by atoms with E-state index in [9.17, 15) is 5.11 Å². The number of rotatable bonds is 1. The Balaban J connectivity index is 1.66. The zero-order valence-electron chi connectivity index (χ0n) is 14.5. The Morgan fingerprint density at radius 3 is 2.68 bits per heavy atom. The second-order valence-corrected chi connectivity index (χ2v) is 9.00. The lowest BCUT2D eigenvalue weighted by Crippen LogP contribution is -2.51. The third kappa shape index (κ3) is 1.92. The minimum atomic E-state index is -0.0888. The monoisotopic (exact) mass is 304 g/mol. The van der Waals surface area contributed by atoms with Crippen molar-refractivity contribution in [1.29, 1.82) is 0 Å². The van der Waals surface area contributed by atoms with Crippen molar-refractivity contribution in [2.75, 3.05) is 7.11 Å². The van der Waals surface area contributed by atoms with Gasteiger partial charge in [-0.05, 0) is 80.0 Å². The lowest BCUT2D eigenvalue weighted by Gasteiger charge is -2.57. The van der Waals surface area contributed by atoms with Crippen molar-refractivity contribution in [2.24, 2.45) is 28.6 Å². The summed E-state index contributed by atoms with van der Waals surface area (Å²) < 4.78 is 5.86. The number of hydrogen-bond donors (Lipinski definition) is 1. The lowest BCUT2D eigenvalue weighted by atomic mass is 9.48. The van der Waals surface area contributed by atoms with Crippen LogP contribution in [0.3, 0.4) is 0 Å². The Morgan fingerprint density at radius 1 is 1.09 bits per heavy atom. The average Bonchev–Trinajstić information content (AvgIpc) is 2.84. The molecule has 3 saturated carbocycles. The highest BCUT2D eigenvalue weighted by atomic mass is 16.5. The number of ether oxygens (including phenoxy) is 1. The van der Waals surface area contributed by atoms with Crippen LogP contribution in [0.1, 0.15) is 65.2 Å². The first-order valence-corrected chi connectivity index (χ1v) is 9.39. The quantitative estimate of drug-likeness (QED) is 0.731. The summed E-state index contributed by atoms with van der Waals surface area (Å²) in [5.74, 6) is 2.54. The molecule has 0 amide bonds. The van der Waals surface area contributed by atoms with Crippen LogP contribution in [0.2, 0.25) is 0 Å². The first kappa shape index (κ1) is 15.2. The lowest BCUT2D eigenvalue weighted by molar-refractivity contribution is -0.0820. The van der Waals surface area contributed by atoms with E-state index in [4.69, 9.17) is 4.74 Å². The van der Waals surface area contributed by atoms with Crippen LogP contribution in [0.5, 0.6) is 0 Å². The number of allylic oxidation sites excluding steroid dienone is 1. The number of aliphatic hydroxyl groups is 1. The molecule has 0 bridgehead atoms. The molecule has 0 radical (unpaired) electrons. The standard InChI is InChI=1S/C20H32O2/c1-19-10-8-14(21)12-13(19)4-5-15-16-6-7-18(22-3)20(16,2)11-9-17(15)19/h4,14-18,21H,5-12H2,1-3H3/t14-,15-,16-,17-,18-,19-,20-/m0/s1. The smallest absolute Gasteiger partial charge is 0.0627 e. The Morgan fingerprint density at radius 2 is 1.91 bits per heavy atom. The van der Waals surface area contributed by atoms with E-state index in [0.29, 0.717) is 16.9 Å². The van der Waals surface area contributed by atoms with Crippen molar-refractivity contribution in [3.8, 4) is 0 Å². The van der Waals surface area contributed by atoms with E-state index < -0.39 is 0 Å². The van der Waals surface area contributed by atoms with Gasteiger partial charge in [0, 0.05) is 7.11 Å². The summed E-state index contributed by atoms with van der Waals surface area (Å²) in [4.78, 5) is 0. The Hall–Kier alpha value is -0.340. The molecule has 0 aromatic rings. The van der Waals surface area contributed by atoms with E-state index in [-0.39, 0.29) is 6.10 Å². The molecule has 4 aliphatic carbocycles. The zero-order chi connectivity index (χ0) is 15.5. The van der Waals surface area contributed by atoms with Gasteiger partial charge in [-0.1, -0.05) is 25.5 Å². The second kappa shape index (κ2) is 5.08. The van der Waals surface area contributed by atoms with Gasteiger partial charge in [-0.25, -0.2) is 0 Å². The fraction of sp³-hybridized carbons (Fsp3) is 0.900. The molecule has 0 spiro atoms. The van der Waals surface area contributed by atoms with E-state index in [1.54, 1.807) is 5.57 Å². The largest absolute Gasteiger partial charge is 0.393 e. The fourth-order valence-electron chi connectivity index (χ4n) is 6.98. The Kier molecular flexibility index (Phi) is 3.51. The molecule has 124 valence electrons. The third-order valence-corrected chi connectivity index (χ3v) is 8.28. The van der Waals surface area contributed by atoms with Crippen LogP contribution in [0.15, 0.2) is 11.6 Å². The predicted octanol–water partition coefficient (Wildman–Crippen LogP) is 4.33. The van der Waals surface area contributed by atoms with Crippen LogP contribution in [0.4, 0.5) is 0 Å². The molecule has 4 aliphatic rings. The predicted molar refractivity (Wildman–Crippen MR) is 88.5 cm³/mol. The summed E-state index contributed by atoms with van der Waals surface area (Å²) in [7, 11) is 1.91. The molecular weight excluding hydrogens is 272 g/mol. The normalized spacial score (nSPS) is 54.2. The first-order chi connectivity index (χ1) is 10.5. The van der Waals surface area contributed by atoms with Crippen LogP contribution in [0, 0.1) is 28.6 Å². The molecule has 1 N–H and O–H groups in total. The van der Waals surface area contributed by atoms with Gasteiger partial charge in [-0.15, -0.1) is 0 Å². The second-order valence-electron chi connectivity index (χ2n) is 9.00. The SMILES string of the molecule is CO[C@H]1CC[C@H]2[C@@H]3CC=C4C[C@@H](O)CC[C@]4(C)[C@H]3CC[C@]12C. The fourth-order valence-corrected chi connectivity index (χ4v) is 6.98. The third-order valence-electron chi connectivity index (χ3n) is 8.28. The number of aliphatic hydroxyl groups excluding tert-OH is 1. The summed E-state index contributed by atoms with van der Waals surface area (Å²) >= 11 is 0. The van der Waals surface area contributed by atoms with Crippen LogP contribution in [-0.2, 0) is 4.74 Å². The van der Waals surface area contributed by atoms with E-state index in [1.165, 1.54) is 38.5 Å². The van der Waals surface area contributed by atoms with Crippen molar-refractivity contribution >= 4 is 0 Å². The zero-order valence-corrected chi connectivity index (χ0v) is 14.5. The van der Waals surface area contributed by atoms with Crippen molar-refractivity contribution < 1.29 is 9.84 Å². The molecular formula is C20H32O2. The van der Waals surface area contributed by atoms with E-state index in [1.807, 2.05) is 7.11 Å². The van der Waals surface area contributed by atoms with Gasteiger partial charge in [0.05, 0.1) is 12.2 Å². The Labute approximate surface area is 135 Å². The maximum Gasteiger partial charge on any atom is 0.0627 e. The van der Waals surface area contributed by atoms with Gasteiger partial charge in [0.2, 0.25) is 0 Å². The highest BCUT2D eigenvalue weighted by molar-refractivity contribution is 5.25. The van der Waals surface area contributed by atoms with Crippen molar-refractivity contribution in [3.63, 3.8) is 0 Å². The first-order valence-electron chi connectivity index (χ1n) is 9.39. The van der Waals surface area contributed by atoms with E-state index in [0.717, 1.165) is 30.6 Å². The van der Waals surface area contributed by atoms with Crippen molar-refractivity contribution in [3.05, 3.63) is 11.6 Å². The van der Waals surface area contributed by atoms with Crippen LogP contribution >= 0.6 is 0 Å². The van der Waals surface area contributed by atoms with Crippen LogP contribution in [-0.4, -0.2) is 24.4 Å². The van der Waals surface area contributed by atoms with Gasteiger partial charge >= 0.3 is 0 Å². The topological polar surface area (TPSA) is 29.5 Å². The van der Waals surface area contributed by atoms with Gasteiger partial charge in [-0.2, -0.15) is 0 Å². The Bertz CT molecular complexity index is 484. The number of fused-ring (bicyclic) bond motifs is 5. The molecule has 4 rings (SSSR count). The van der Waals surface area contributed by atoms with Gasteiger partial charge < -0.3 is 9.84 Å². The summed E-state index contributed by atoms with van der Waals surface area (Å²) in [6, 6.07) is 0. The molecule has 2 nitrogen and oxygen atoms in total. The molecule has 7 atom stereocenters. The van der Waals surface area contributed by atoms with Crippen molar-refractivity contribution in [1.82, 2.24) is 0 Å². The minimum absolute atomic E-state index is 0.0888. The number of methoxy groups -OCH3 is 1. The molecule has 22 heavy (non-hydrogen) atoms. The molecule has 0 heterocycles. The molecule has 0 aromatic carbocycles. The van der Waals surface area contributed by atoms with Gasteiger partial charge in [0.1, 0.15) is 0 Å². The van der Waals surface area contributed by atoms with Gasteiger partial charge in [0.15, 0.2) is 0 Å². The van der Waals surface area contributed by atoms with Crippen LogP contribution < -0.4 is 0 Å². The van der Waals surface area contributed by atoms with E-state index in [2.05, 4.69) is 19.9 Å². The summed E-state index contributed by atoms with van der Waals surface area (Å²) in [6.07, 6.45) is 12.6. The van der Waals surface area contributed by atoms with Crippen molar-refractivity contribution in [2.45, 2.75) is 77.4 Å². The molecule has 3 fully saturated rings. The van der Waals surface area contributed by atoms with E-state index >= 15 is 0 Å². The number of hydrogen-bond acceptors (Lipinski definition) is 2. The summed E-state index contributed by atoms with van der Waals surface area (Å²) in [5, 5.41) is 10.1. The molecule has 0 saturated heterocycles. The summed E-state index contributed by atoms with van der Waals surface area (Å²) in [6.45, 7) is 5.01. The molecule has 0 aliphatic heterocycles. The van der Waals surface area contributed by atoms with Gasteiger partial charge in [-0.3, -0.25) is 0 Å². The molecule has 2 heteroatoms. The molecule has 0 aromatic heterocycles.